The summed E-state index contributed by atoms with van der Waals surface area (Å²) in [6.45, 7) is 5.70. The van der Waals surface area contributed by atoms with Crippen molar-refractivity contribution in [3.8, 4) is 11.1 Å². The predicted octanol–water partition coefficient (Wildman–Crippen LogP) is 6.53. The zero-order valence-electron chi connectivity index (χ0n) is 25.2. The Kier molecular flexibility index (Phi) is 8.27. The highest BCUT2D eigenvalue weighted by atomic mass is 16.2. The van der Waals surface area contributed by atoms with Crippen LogP contribution in [0.2, 0.25) is 0 Å². The van der Waals surface area contributed by atoms with Crippen LogP contribution < -0.4 is 10.6 Å². The minimum atomic E-state index is -0.234. The van der Waals surface area contributed by atoms with E-state index in [1.165, 1.54) is 5.56 Å². The van der Waals surface area contributed by atoms with Crippen molar-refractivity contribution in [1.29, 1.82) is 0 Å². The third-order valence-corrected chi connectivity index (χ3v) is 8.36. The summed E-state index contributed by atoms with van der Waals surface area (Å²) >= 11 is 0. The van der Waals surface area contributed by atoms with Gasteiger partial charge in [0.2, 0.25) is 0 Å². The molecule has 2 fully saturated rings. The molecule has 8 nitrogen and oxygen atoms in total. The number of nitrogens with one attached hydrogen (secondary N) is 2. The summed E-state index contributed by atoms with van der Waals surface area (Å²) in [6.07, 6.45) is 10.5. The van der Waals surface area contributed by atoms with Gasteiger partial charge in [0.15, 0.2) is 0 Å². The van der Waals surface area contributed by atoms with Gasteiger partial charge in [-0.25, -0.2) is 0 Å². The molecule has 0 atom stereocenters. The average Bonchev–Trinajstić information content (AvgIpc) is 3.73. The van der Waals surface area contributed by atoms with Crippen LogP contribution in [0.4, 0.5) is 11.4 Å². The fourth-order valence-corrected chi connectivity index (χ4v) is 5.76. The van der Waals surface area contributed by atoms with Gasteiger partial charge in [-0.15, -0.1) is 0 Å². The highest BCUT2D eigenvalue weighted by molar-refractivity contribution is 6.07. The monoisotopic (exact) mass is 576 g/mol. The molecule has 8 heteroatoms. The molecule has 2 aliphatic rings. The van der Waals surface area contributed by atoms with Crippen molar-refractivity contribution in [2.75, 3.05) is 23.7 Å². The molecule has 222 valence electrons. The first-order valence-corrected chi connectivity index (χ1v) is 15.4. The van der Waals surface area contributed by atoms with Gasteiger partial charge < -0.3 is 15.5 Å². The van der Waals surface area contributed by atoms with Crippen molar-refractivity contribution in [3.05, 3.63) is 95.6 Å². The van der Waals surface area contributed by atoms with Gasteiger partial charge in [0, 0.05) is 55.4 Å². The number of hydrogen-bond acceptors (Lipinski definition) is 5. The smallest absolute Gasteiger partial charge is 0.257 e. The second-order valence-electron chi connectivity index (χ2n) is 12.4. The molecule has 4 aromatic rings. The molecule has 2 aromatic carbocycles. The van der Waals surface area contributed by atoms with Crippen molar-refractivity contribution in [1.82, 2.24) is 19.7 Å². The normalized spacial score (nSPS) is 15.5. The maximum absolute atomic E-state index is 13.6. The number of nitrogens with zero attached hydrogens (tertiary/aromatic N) is 4. The maximum atomic E-state index is 13.6. The van der Waals surface area contributed by atoms with Crippen LogP contribution in [0.5, 0.6) is 0 Å². The lowest BCUT2D eigenvalue weighted by Gasteiger charge is -2.32. The number of benzene rings is 2. The van der Waals surface area contributed by atoms with Crippen molar-refractivity contribution in [2.24, 2.45) is 13.0 Å². The number of rotatable bonds is 9. The largest absolute Gasteiger partial charge is 0.381 e. The van der Waals surface area contributed by atoms with Crippen LogP contribution in [-0.4, -0.2) is 50.6 Å². The number of aryl methyl sites for hydroxylation is 1. The fraction of sp³-hybridized carbons (Fsp3) is 0.371. The summed E-state index contributed by atoms with van der Waals surface area (Å²) in [5.74, 6) is 0.687. The molecule has 1 aliphatic heterocycles. The number of likely N-dealkylation sites (tertiary alicyclic amines) is 1. The average molecular weight is 577 g/mol. The van der Waals surface area contributed by atoms with E-state index in [1.807, 2.05) is 59.4 Å². The molecule has 0 spiro atoms. The fourth-order valence-electron chi connectivity index (χ4n) is 5.76. The van der Waals surface area contributed by atoms with Gasteiger partial charge >= 0.3 is 0 Å². The predicted molar refractivity (Wildman–Crippen MR) is 170 cm³/mol. The number of piperidine rings is 1. The van der Waals surface area contributed by atoms with E-state index in [9.17, 15) is 9.59 Å². The van der Waals surface area contributed by atoms with Crippen LogP contribution in [0.3, 0.4) is 0 Å². The first kappa shape index (κ1) is 28.6. The third kappa shape index (κ3) is 6.96. The first-order chi connectivity index (χ1) is 20.8. The van der Waals surface area contributed by atoms with Gasteiger partial charge in [0.25, 0.3) is 11.8 Å². The van der Waals surface area contributed by atoms with E-state index in [0.717, 1.165) is 54.6 Å². The molecule has 1 saturated heterocycles. The van der Waals surface area contributed by atoms with Crippen molar-refractivity contribution >= 4 is 23.2 Å². The van der Waals surface area contributed by atoms with E-state index in [1.54, 1.807) is 6.20 Å². The third-order valence-electron chi connectivity index (χ3n) is 8.36. The summed E-state index contributed by atoms with van der Waals surface area (Å²) in [5.41, 5.74) is 7.10. The zero-order valence-corrected chi connectivity index (χ0v) is 25.2. The maximum Gasteiger partial charge on any atom is 0.257 e. The zero-order chi connectivity index (χ0) is 29.9. The Morgan fingerprint density at radius 1 is 0.884 bits per heavy atom. The number of pyridine rings is 1. The van der Waals surface area contributed by atoms with E-state index in [4.69, 9.17) is 0 Å². The summed E-state index contributed by atoms with van der Waals surface area (Å²) in [4.78, 5) is 33.2. The SMILES string of the molecule is CC(C)Cc1ccc(C(=O)Nc2cc(C(=O)N3CCC(c4ccc(-c5cnn(C)c5)cc4)CC3)ccc2NC2CC2)cn1. The highest BCUT2D eigenvalue weighted by Gasteiger charge is 2.27. The molecule has 0 unspecified atom stereocenters. The molecular formula is C35H40N6O2. The minimum Gasteiger partial charge on any atom is -0.381 e. The van der Waals surface area contributed by atoms with Crippen LogP contribution in [-0.2, 0) is 13.5 Å². The highest BCUT2D eigenvalue weighted by Crippen LogP contribution is 2.33. The second-order valence-corrected chi connectivity index (χ2v) is 12.4. The lowest BCUT2D eigenvalue weighted by molar-refractivity contribution is 0.0712. The topological polar surface area (TPSA) is 92.2 Å². The van der Waals surface area contributed by atoms with Crippen molar-refractivity contribution < 1.29 is 9.59 Å². The molecule has 2 aromatic heterocycles. The van der Waals surface area contributed by atoms with Gasteiger partial charge in [-0.1, -0.05) is 38.1 Å². The number of carbonyl (C=O) groups excluding carboxylic acids is 2. The van der Waals surface area contributed by atoms with Gasteiger partial charge in [0.05, 0.1) is 23.1 Å². The summed E-state index contributed by atoms with van der Waals surface area (Å²) in [5, 5.41) is 10.8. The van der Waals surface area contributed by atoms with Gasteiger partial charge in [0.1, 0.15) is 0 Å². The Balaban J connectivity index is 1.11. The van der Waals surface area contributed by atoms with E-state index in [-0.39, 0.29) is 11.8 Å². The van der Waals surface area contributed by atoms with Gasteiger partial charge in [-0.05, 0) is 85.4 Å². The number of carbonyl (C=O) groups is 2. The molecular weight excluding hydrogens is 536 g/mol. The number of hydrogen-bond donors (Lipinski definition) is 2. The Labute approximate surface area is 253 Å². The molecule has 43 heavy (non-hydrogen) atoms. The van der Waals surface area contributed by atoms with E-state index in [0.29, 0.717) is 47.8 Å². The summed E-state index contributed by atoms with van der Waals surface area (Å²) in [7, 11) is 1.93. The Hall–Kier alpha value is -4.46. The summed E-state index contributed by atoms with van der Waals surface area (Å²) < 4.78 is 1.81. The Morgan fingerprint density at radius 2 is 1.63 bits per heavy atom. The van der Waals surface area contributed by atoms with Crippen molar-refractivity contribution in [2.45, 2.75) is 57.9 Å². The Bertz CT molecular complexity index is 1580. The van der Waals surface area contributed by atoms with Crippen LogP contribution in [0.15, 0.2) is 73.2 Å². The molecule has 3 heterocycles. The van der Waals surface area contributed by atoms with Crippen LogP contribution in [0.1, 0.15) is 77.4 Å². The molecule has 2 amide bonds. The number of anilines is 2. The molecule has 0 radical (unpaired) electrons. The van der Waals surface area contributed by atoms with Crippen LogP contribution in [0.25, 0.3) is 11.1 Å². The lowest BCUT2D eigenvalue weighted by atomic mass is 9.88. The quantitative estimate of drug-likeness (QED) is 0.237. The van der Waals surface area contributed by atoms with Crippen LogP contribution in [0, 0.1) is 5.92 Å². The molecule has 1 aliphatic carbocycles. The Morgan fingerprint density at radius 3 is 2.26 bits per heavy atom. The standard InChI is InChI=1S/C35H40N6O2/c1-23(2)18-31-10-8-28(20-36-31)34(42)39-33-19-27(9-13-32(33)38-30-11-12-30)35(43)41-16-14-26(15-17-41)24-4-6-25(7-5-24)29-21-37-40(3)22-29/h4-10,13,19-23,26,30,38H,11-12,14-18H2,1-3H3,(H,39,42). The molecule has 6 rings (SSSR count). The van der Waals surface area contributed by atoms with E-state index in [2.05, 4.69) is 58.8 Å². The van der Waals surface area contributed by atoms with E-state index >= 15 is 0 Å². The van der Waals surface area contributed by atoms with Gasteiger partial charge in [-0.3, -0.25) is 19.3 Å². The van der Waals surface area contributed by atoms with E-state index < -0.39 is 0 Å². The number of aromatic nitrogens is 3. The van der Waals surface area contributed by atoms with Gasteiger partial charge in [-0.2, -0.15) is 5.10 Å². The molecule has 1 saturated carbocycles. The molecule has 0 bridgehead atoms. The summed E-state index contributed by atoms with van der Waals surface area (Å²) in [6, 6.07) is 18.5. The second kappa shape index (κ2) is 12.4. The van der Waals surface area contributed by atoms with Crippen molar-refractivity contribution in [3.63, 3.8) is 0 Å². The minimum absolute atomic E-state index is 0.00134. The van der Waals surface area contributed by atoms with Crippen LogP contribution >= 0.6 is 0 Å². The first-order valence-electron chi connectivity index (χ1n) is 15.4. The lowest BCUT2D eigenvalue weighted by Crippen LogP contribution is -2.38. The number of amides is 2. The molecule has 2 N–H and O–H groups in total.